The predicted molar refractivity (Wildman–Crippen MR) is 67.9 cm³/mol. The van der Waals surface area contributed by atoms with Gasteiger partial charge in [0.25, 0.3) is 0 Å². The van der Waals surface area contributed by atoms with Gasteiger partial charge < -0.3 is 0 Å². The first-order valence-corrected chi connectivity index (χ1v) is 5.35. The molecule has 16 heavy (non-hydrogen) atoms. The van der Waals surface area contributed by atoms with Crippen LogP contribution in [0.4, 0.5) is 0 Å². The van der Waals surface area contributed by atoms with Crippen LogP contribution >= 0.6 is 0 Å². The third-order valence-electron chi connectivity index (χ3n) is 2.68. The van der Waals surface area contributed by atoms with Crippen molar-refractivity contribution >= 4 is 16.8 Å². The summed E-state index contributed by atoms with van der Waals surface area (Å²) in [5.74, 6) is 0. The van der Waals surface area contributed by atoms with E-state index in [1.807, 2.05) is 24.3 Å². The van der Waals surface area contributed by atoms with Crippen molar-refractivity contribution in [3.05, 3.63) is 53.6 Å². The van der Waals surface area contributed by atoms with Gasteiger partial charge in [0.05, 0.1) is 12.5 Å². The largest absolute Gasteiger partial charge is 0.198 e. The summed E-state index contributed by atoms with van der Waals surface area (Å²) in [5, 5.41) is 11.0. The van der Waals surface area contributed by atoms with E-state index in [-0.39, 0.29) is 0 Å². The number of hydrogen-bond donors (Lipinski definition) is 0. The van der Waals surface area contributed by atoms with Crippen molar-refractivity contribution in [2.24, 2.45) is 0 Å². The molecule has 0 aliphatic heterocycles. The van der Waals surface area contributed by atoms with Gasteiger partial charge in [-0.3, -0.25) is 0 Å². The Morgan fingerprint density at radius 3 is 2.81 bits per heavy atom. The quantitative estimate of drug-likeness (QED) is 0.728. The molecule has 0 amide bonds. The Bertz CT molecular complexity index is 573. The third-order valence-corrected chi connectivity index (χ3v) is 2.68. The molecule has 0 atom stereocenters. The highest BCUT2D eigenvalue weighted by Crippen LogP contribution is 2.23. The van der Waals surface area contributed by atoms with Crippen LogP contribution in [0, 0.1) is 18.3 Å². The fourth-order valence-electron chi connectivity index (χ4n) is 1.86. The summed E-state index contributed by atoms with van der Waals surface area (Å²) in [6, 6.07) is 14.7. The van der Waals surface area contributed by atoms with E-state index >= 15 is 0 Å². The molecule has 2 rings (SSSR count). The van der Waals surface area contributed by atoms with Crippen molar-refractivity contribution in [3.8, 4) is 6.07 Å². The summed E-state index contributed by atoms with van der Waals surface area (Å²) in [5.41, 5.74) is 2.46. The van der Waals surface area contributed by atoms with Gasteiger partial charge >= 0.3 is 0 Å². The normalized spacial score (nSPS) is 10.8. The average molecular weight is 207 g/mol. The molecule has 0 saturated heterocycles. The molecule has 0 heterocycles. The zero-order valence-electron chi connectivity index (χ0n) is 9.27. The Morgan fingerprint density at radius 1 is 1.19 bits per heavy atom. The van der Waals surface area contributed by atoms with E-state index in [2.05, 4.69) is 37.3 Å². The van der Waals surface area contributed by atoms with Gasteiger partial charge in [-0.2, -0.15) is 5.26 Å². The molecule has 0 unspecified atom stereocenters. The lowest BCUT2D eigenvalue weighted by Crippen LogP contribution is -1.83. The zero-order chi connectivity index (χ0) is 11.4. The first-order valence-electron chi connectivity index (χ1n) is 5.35. The standard InChI is InChI=1S/C15H13N/c1-12-9-10-13-6-2-3-8-15(13)14(12)7-4-5-11-16/h2-4,6-10H,5H2,1H3. The van der Waals surface area contributed by atoms with Gasteiger partial charge in [-0.25, -0.2) is 0 Å². The van der Waals surface area contributed by atoms with E-state index in [4.69, 9.17) is 5.26 Å². The van der Waals surface area contributed by atoms with E-state index in [1.54, 1.807) is 0 Å². The summed E-state index contributed by atoms with van der Waals surface area (Å²) in [4.78, 5) is 0. The summed E-state index contributed by atoms with van der Waals surface area (Å²) < 4.78 is 0. The molecule has 0 spiro atoms. The van der Waals surface area contributed by atoms with E-state index in [0.29, 0.717) is 6.42 Å². The van der Waals surface area contributed by atoms with Gasteiger partial charge in [0.1, 0.15) is 0 Å². The van der Waals surface area contributed by atoms with Crippen molar-refractivity contribution < 1.29 is 0 Å². The number of aryl methyl sites for hydroxylation is 1. The van der Waals surface area contributed by atoms with Gasteiger partial charge in [-0.15, -0.1) is 0 Å². The van der Waals surface area contributed by atoms with Crippen molar-refractivity contribution in [3.63, 3.8) is 0 Å². The zero-order valence-corrected chi connectivity index (χ0v) is 9.27. The summed E-state index contributed by atoms with van der Waals surface area (Å²) in [6.45, 7) is 2.10. The summed E-state index contributed by atoms with van der Waals surface area (Å²) in [6.07, 6.45) is 4.42. The van der Waals surface area contributed by atoms with Crippen LogP contribution in [-0.2, 0) is 0 Å². The molecule has 1 nitrogen and oxygen atoms in total. The number of nitrogens with zero attached hydrogens (tertiary/aromatic N) is 1. The molecule has 0 bridgehead atoms. The molecular weight excluding hydrogens is 194 g/mol. The van der Waals surface area contributed by atoms with E-state index < -0.39 is 0 Å². The van der Waals surface area contributed by atoms with Gasteiger partial charge in [-0.05, 0) is 28.8 Å². The number of allylic oxidation sites excluding steroid dienone is 1. The molecule has 0 saturated carbocycles. The van der Waals surface area contributed by atoms with Crippen LogP contribution in [0.5, 0.6) is 0 Å². The van der Waals surface area contributed by atoms with Gasteiger partial charge in [0.15, 0.2) is 0 Å². The highest BCUT2D eigenvalue weighted by atomic mass is 14.2. The maximum atomic E-state index is 8.53. The van der Waals surface area contributed by atoms with Crippen molar-refractivity contribution in [2.45, 2.75) is 13.3 Å². The number of rotatable bonds is 2. The molecule has 2 aromatic carbocycles. The lowest BCUT2D eigenvalue weighted by Gasteiger charge is -2.05. The predicted octanol–water partition coefficient (Wildman–Crippen LogP) is 4.08. The maximum Gasteiger partial charge on any atom is 0.0663 e. The Morgan fingerprint density at radius 2 is 2.00 bits per heavy atom. The van der Waals surface area contributed by atoms with Gasteiger partial charge in [-0.1, -0.05) is 48.6 Å². The number of hydrogen-bond acceptors (Lipinski definition) is 1. The molecular formula is C15H13N. The number of benzene rings is 2. The highest BCUT2D eigenvalue weighted by molar-refractivity contribution is 5.91. The Labute approximate surface area is 95.6 Å². The highest BCUT2D eigenvalue weighted by Gasteiger charge is 2.00. The van der Waals surface area contributed by atoms with Gasteiger partial charge in [0, 0.05) is 0 Å². The fourth-order valence-corrected chi connectivity index (χ4v) is 1.86. The van der Waals surface area contributed by atoms with E-state index in [1.165, 1.54) is 21.9 Å². The molecule has 0 N–H and O–H groups in total. The Balaban J connectivity index is 2.58. The summed E-state index contributed by atoms with van der Waals surface area (Å²) >= 11 is 0. The molecule has 2 aromatic rings. The Hall–Kier alpha value is -2.07. The van der Waals surface area contributed by atoms with Crippen LogP contribution in [0.1, 0.15) is 17.5 Å². The Kier molecular flexibility index (Phi) is 3.03. The molecule has 0 aliphatic carbocycles. The van der Waals surface area contributed by atoms with Crippen molar-refractivity contribution in [1.82, 2.24) is 0 Å². The van der Waals surface area contributed by atoms with Crippen LogP contribution in [-0.4, -0.2) is 0 Å². The molecule has 0 aromatic heterocycles. The van der Waals surface area contributed by atoms with Crippen molar-refractivity contribution in [1.29, 1.82) is 5.26 Å². The molecule has 1 heteroatoms. The molecule has 0 radical (unpaired) electrons. The minimum absolute atomic E-state index is 0.461. The maximum absolute atomic E-state index is 8.53. The van der Waals surface area contributed by atoms with E-state index in [9.17, 15) is 0 Å². The monoisotopic (exact) mass is 207 g/mol. The first kappa shape index (κ1) is 10.4. The van der Waals surface area contributed by atoms with Crippen LogP contribution < -0.4 is 0 Å². The number of nitriles is 1. The lowest BCUT2D eigenvalue weighted by molar-refractivity contribution is 1.36. The fraction of sp³-hybridized carbons (Fsp3) is 0.133. The SMILES string of the molecule is Cc1ccc2ccccc2c1C=CCC#N. The number of fused-ring (bicyclic) bond motifs is 1. The summed E-state index contributed by atoms with van der Waals surface area (Å²) in [7, 11) is 0. The van der Waals surface area contributed by atoms with Crippen LogP contribution in [0.3, 0.4) is 0 Å². The van der Waals surface area contributed by atoms with Crippen LogP contribution in [0.15, 0.2) is 42.5 Å². The smallest absolute Gasteiger partial charge is 0.0663 e. The second-order valence-electron chi connectivity index (χ2n) is 3.78. The second-order valence-corrected chi connectivity index (χ2v) is 3.78. The van der Waals surface area contributed by atoms with Crippen molar-refractivity contribution in [2.75, 3.05) is 0 Å². The van der Waals surface area contributed by atoms with Gasteiger partial charge in [0.2, 0.25) is 0 Å². The minimum atomic E-state index is 0.461. The molecule has 0 fully saturated rings. The van der Waals surface area contributed by atoms with Crippen LogP contribution in [0.25, 0.3) is 16.8 Å². The minimum Gasteiger partial charge on any atom is -0.198 e. The molecule has 78 valence electrons. The lowest BCUT2D eigenvalue weighted by atomic mass is 9.99. The average Bonchev–Trinajstić information content (AvgIpc) is 2.32. The van der Waals surface area contributed by atoms with Crippen LogP contribution in [0.2, 0.25) is 0 Å². The molecule has 0 aliphatic rings. The second kappa shape index (κ2) is 4.63. The van der Waals surface area contributed by atoms with E-state index in [0.717, 1.165) is 0 Å². The third kappa shape index (κ3) is 1.97. The first-order chi connectivity index (χ1) is 7.83. The topological polar surface area (TPSA) is 23.8 Å².